The van der Waals surface area contributed by atoms with Crippen LogP contribution >= 0.6 is 0 Å². The van der Waals surface area contributed by atoms with Crippen molar-refractivity contribution in [1.82, 2.24) is 14.8 Å². The number of aryl methyl sites for hydroxylation is 1. The summed E-state index contributed by atoms with van der Waals surface area (Å²) < 4.78 is 11.1. The molecule has 7 heteroatoms. The van der Waals surface area contributed by atoms with Gasteiger partial charge in [-0.15, -0.1) is 0 Å². The van der Waals surface area contributed by atoms with Crippen LogP contribution in [0.15, 0.2) is 52.9 Å². The van der Waals surface area contributed by atoms with E-state index in [0.717, 1.165) is 5.75 Å². The number of carbonyl (C=O) groups excluding carboxylic acids is 2. The Morgan fingerprint density at radius 2 is 1.76 bits per heavy atom. The Labute approximate surface area is 168 Å². The number of oxazole rings is 1. The number of para-hydroxylation sites is 1. The first-order valence-corrected chi connectivity index (χ1v) is 9.72. The summed E-state index contributed by atoms with van der Waals surface area (Å²) in [5, 5.41) is 0. The molecule has 0 unspecified atom stereocenters. The molecule has 2 amide bonds. The van der Waals surface area contributed by atoms with Gasteiger partial charge in [-0.25, -0.2) is 4.98 Å². The lowest BCUT2D eigenvalue weighted by Gasteiger charge is -2.34. The zero-order valence-electron chi connectivity index (χ0n) is 16.3. The van der Waals surface area contributed by atoms with Gasteiger partial charge in [0.1, 0.15) is 11.3 Å². The summed E-state index contributed by atoms with van der Waals surface area (Å²) in [5.74, 6) is 1.34. The molecule has 0 bridgehead atoms. The maximum atomic E-state index is 12.8. The van der Waals surface area contributed by atoms with Crippen LogP contribution < -0.4 is 4.74 Å². The predicted molar refractivity (Wildman–Crippen MR) is 108 cm³/mol. The Morgan fingerprint density at radius 1 is 1.03 bits per heavy atom. The number of ether oxygens (including phenoxy) is 1. The van der Waals surface area contributed by atoms with E-state index in [-0.39, 0.29) is 11.8 Å². The molecule has 1 aliphatic rings. The van der Waals surface area contributed by atoms with Crippen molar-refractivity contribution in [1.29, 1.82) is 0 Å². The third kappa shape index (κ3) is 4.39. The molecule has 4 rings (SSSR count). The van der Waals surface area contributed by atoms with Gasteiger partial charge in [-0.05, 0) is 30.3 Å². The minimum Gasteiger partial charge on any atom is -0.493 e. The monoisotopic (exact) mass is 393 g/mol. The number of benzene rings is 2. The number of amides is 2. The lowest BCUT2D eigenvalue weighted by Crippen LogP contribution is -2.50. The number of rotatable bonds is 5. The van der Waals surface area contributed by atoms with Crippen LogP contribution in [0.1, 0.15) is 22.7 Å². The molecular weight excluding hydrogens is 370 g/mol. The van der Waals surface area contributed by atoms with Gasteiger partial charge >= 0.3 is 0 Å². The molecule has 1 aliphatic heterocycles. The van der Waals surface area contributed by atoms with Gasteiger partial charge in [0.2, 0.25) is 5.91 Å². The largest absolute Gasteiger partial charge is 0.493 e. The van der Waals surface area contributed by atoms with Crippen molar-refractivity contribution >= 4 is 22.9 Å². The van der Waals surface area contributed by atoms with Crippen LogP contribution in [0, 0.1) is 6.92 Å². The van der Waals surface area contributed by atoms with E-state index in [1.54, 1.807) is 34.9 Å². The summed E-state index contributed by atoms with van der Waals surface area (Å²) in [6.45, 7) is 4.21. The molecule has 2 aromatic carbocycles. The average molecular weight is 393 g/mol. The minimum atomic E-state index is -0.0490. The van der Waals surface area contributed by atoms with E-state index in [0.29, 0.717) is 61.8 Å². The third-order valence-corrected chi connectivity index (χ3v) is 4.99. The fourth-order valence-corrected chi connectivity index (χ4v) is 3.45. The second-order valence-corrected chi connectivity index (χ2v) is 7.00. The molecule has 0 N–H and O–H groups in total. The molecule has 0 atom stereocenters. The zero-order chi connectivity index (χ0) is 20.2. The fraction of sp³-hybridized carbons (Fsp3) is 0.318. The van der Waals surface area contributed by atoms with Crippen LogP contribution in [0.25, 0.3) is 11.1 Å². The average Bonchev–Trinajstić information content (AvgIpc) is 3.13. The number of fused-ring (bicyclic) bond motifs is 1. The first kappa shape index (κ1) is 19.0. The van der Waals surface area contributed by atoms with Crippen LogP contribution in [0.5, 0.6) is 5.75 Å². The molecule has 2 heterocycles. The van der Waals surface area contributed by atoms with Crippen molar-refractivity contribution in [3.63, 3.8) is 0 Å². The molecule has 1 aromatic heterocycles. The van der Waals surface area contributed by atoms with E-state index in [1.807, 2.05) is 30.3 Å². The molecular formula is C22H23N3O4. The maximum Gasteiger partial charge on any atom is 0.254 e. The number of hydrogen-bond donors (Lipinski definition) is 0. The van der Waals surface area contributed by atoms with E-state index in [9.17, 15) is 9.59 Å². The van der Waals surface area contributed by atoms with Crippen molar-refractivity contribution in [3.05, 3.63) is 60.0 Å². The Bertz CT molecular complexity index is 1010. The van der Waals surface area contributed by atoms with E-state index >= 15 is 0 Å². The van der Waals surface area contributed by atoms with Crippen LogP contribution in [0.3, 0.4) is 0 Å². The Balaban J connectivity index is 1.27. The highest BCUT2D eigenvalue weighted by atomic mass is 16.5. The number of hydrogen-bond acceptors (Lipinski definition) is 5. The van der Waals surface area contributed by atoms with Gasteiger partial charge in [-0.1, -0.05) is 18.2 Å². The molecule has 29 heavy (non-hydrogen) atoms. The number of carbonyl (C=O) groups is 2. The van der Waals surface area contributed by atoms with Gasteiger partial charge in [0.15, 0.2) is 11.5 Å². The van der Waals surface area contributed by atoms with Crippen LogP contribution in [-0.2, 0) is 4.79 Å². The summed E-state index contributed by atoms with van der Waals surface area (Å²) >= 11 is 0. The second-order valence-electron chi connectivity index (χ2n) is 7.00. The summed E-state index contributed by atoms with van der Waals surface area (Å²) in [5.41, 5.74) is 1.94. The Hall–Kier alpha value is -3.35. The topological polar surface area (TPSA) is 75.9 Å². The third-order valence-electron chi connectivity index (χ3n) is 4.99. The van der Waals surface area contributed by atoms with Crippen molar-refractivity contribution in [3.8, 4) is 5.75 Å². The predicted octanol–water partition coefficient (Wildman–Crippen LogP) is 2.89. The molecule has 3 aromatic rings. The van der Waals surface area contributed by atoms with E-state index < -0.39 is 0 Å². The van der Waals surface area contributed by atoms with Gasteiger partial charge < -0.3 is 19.0 Å². The molecule has 1 fully saturated rings. The Morgan fingerprint density at radius 3 is 2.52 bits per heavy atom. The lowest BCUT2D eigenvalue weighted by molar-refractivity contribution is -0.133. The fourth-order valence-electron chi connectivity index (χ4n) is 3.45. The molecule has 150 valence electrons. The smallest absolute Gasteiger partial charge is 0.254 e. The molecule has 0 aliphatic carbocycles. The number of aromatic nitrogens is 1. The summed E-state index contributed by atoms with van der Waals surface area (Å²) in [6.07, 6.45) is 0.324. The van der Waals surface area contributed by atoms with Crippen molar-refractivity contribution in [2.75, 3.05) is 32.8 Å². The normalized spacial score (nSPS) is 14.2. The SMILES string of the molecule is Cc1nc2cc(C(=O)N3CCN(C(=O)CCOc4ccccc4)CC3)ccc2o1. The highest BCUT2D eigenvalue weighted by Crippen LogP contribution is 2.18. The van der Waals surface area contributed by atoms with Crippen LogP contribution in [0.4, 0.5) is 0 Å². The molecule has 0 radical (unpaired) electrons. The molecule has 0 saturated carbocycles. The summed E-state index contributed by atoms with van der Waals surface area (Å²) in [7, 11) is 0. The number of piperazine rings is 1. The lowest BCUT2D eigenvalue weighted by atomic mass is 10.1. The van der Waals surface area contributed by atoms with Gasteiger partial charge in [0.05, 0.1) is 13.0 Å². The van der Waals surface area contributed by atoms with Crippen molar-refractivity contribution < 1.29 is 18.7 Å². The van der Waals surface area contributed by atoms with E-state index in [4.69, 9.17) is 9.15 Å². The van der Waals surface area contributed by atoms with Gasteiger partial charge in [0, 0.05) is 38.7 Å². The maximum absolute atomic E-state index is 12.8. The van der Waals surface area contributed by atoms with Crippen LogP contribution in [-0.4, -0.2) is 59.4 Å². The highest BCUT2D eigenvalue weighted by Gasteiger charge is 2.25. The molecule has 7 nitrogen and oxygen atoms in total. The molecule has 0 spiro atoms. The second kappa shape index (κ2) is 8.34. The van der Waals surface area contributed by atoms with Crippen molar-refractivity contribution in [2.24, 2.45) is 0 Å². The minimum absolute atomic E-state index is 0.0486. The standard InChI is InChI=1S/C22H23N3O4/c1-16-23-19-15-17(7-8-20(19)29-16)22(27)25-12-10-24(11-13-25)21(26)9-14-28-18-5-3-2-4-6-18/h2-8,15H,9-14H2,1H3. The summed E-state index contributed by atoms with van der Waals surface area (Å²) in [4.78, 5) is 33.1. The zero-order valence-corrected chi connectivity index (χ0v) is 16.3. The first-order chi connectivity index (χ1) is 14.1. The Kier molecular flexibility index (Phi) is 5.46. The quantitative estimate of drug-likeness (QED) is 0.666. The first-order valence-electron chi connectivity index (χ1n) is 9.72. The van der Waals surface area contributed by atoms with Gasteiger partial charge in [-0.2, -0.15) is 0 Å². The van der Waals surface area contributed by atoms with Crippen LogP contribution in [0.2, 0.25) is 0 Å². The van der Waals surface area contributed by atoms with E-state index in [1.165, 1.54) is 0 Å². The van der Waals surface area contributed by atoms with E-state index in [2.05, 4.69) is 4.98 Å². The molecule has 1 saturated heterocycles. The summed E-state index contributed by atoms with van der Waals surface area (Å²) in [6, 6.07) is 14.7. The highest BCUT2D eigenvalue weighted by molar-refractivity contribution is 5.97. The van der Waals surface area contributed by atoms with Crippen molar-refractivity contribution in [2.45, 2.75) is 13.3 Å². The van der Waals surface area contributed by atoms with Gasteiger partial charge in [-0.3, -0.25) is 9.59 Å². The number of nitrogens with zero attached hydrogens (tertiary/aromatic N) is 3. The van der Waals surface area contributed by atoms with Gasteiger partial charge in [0.25, 0.3) is 5.91 Å².